The highest BCUT2D eigenvalue weighted by molar-refractivity contribution is 6.30. The number of rotatable bonds is 4. The van der Waals surface area contributed by atoms with Gasteiger partial charge in [-0.2, -0.15) is 5.10 Å². The van der Waals surface area contributed by atoms with Crippen LogP contribution in [0.15, 0.2) is 48.5 Å². The van der Waals surface area contributed by atoms with E-state index in [4.69, 9.17) is 16.3 Å². The Balaban J connectivity index is 1.37. The van der Waals surface area contributed by atoms with Crippen molar-refractivity contribution in [2.45, 2.75) is 26.1 Å². The second-order valence-electron chi connectivity index (χ2n) is 8.06. The Hall–Kier alpha value is -3.32. The van der Waals surface area contributed by atoms with Gasteiger partial charge in [0.05, 0.1) is 25.9 Å². The van der Waals surface area contributed by atoms with Gasteiger partial charge in [0.1, 0.15) is 11.4 Å². The Kier molecular flexibility index (Phi) is 5.35. The fourth-order valence-electron chi connectivity index (χ4n) is 4.34. The van der Waals surface area contributed by atoms with E-state index in [0.717, 1.165) is 22.6 Å². The number of carbonyl (C=O) groups excluding carboxylic acids is 2. The molecule has 2 aliphatic rings. The van der Waals surface area contributed by atoms with Crippen LogP contribution in [0.25, 0.3) is 0 Å². The summed E-state index contributed by atoms with van der Waals surface area (Å²) in [7, 11) is 1.63. The first-order chi connectivity index (χ1) is 15.5. The first-order valence-corrected chi connectivity index (χ1v) is 11.0. The lowest BCUT2D eigenvalue weighted by molar-refractivity contribution is 0.0670. The van der Waals surface area contributed by atoms with Crippen LogP contribution in [-0.4, -0.2) is 51.6 Å². The van der Waals surface area contributed by atoms with Crippen LogP contribution in [0.3, 0.4) is 0 Å². The second-order valence-corrected chi connectivity index (χ2v) is 8.49. The summed E-state index contributed by atoms with van der Waals surface area (Å²) < 4.78 is 7.03. The number of nitrogens with zero attached hydrogens (tertiary/aromatic N) is 4. The van der Waals surface area contributed by atoms with E-state index in [0.29, 0.717) is 55.4 Å². The smallest absolute Gasteiger partial charge is 0.272 e. The lowest BCUT2D eigenvalue weighted by Gasteiger charge is -2.30. The van der Waals surface area contributed by atoms with Crippen molar-refractivity contribution >= 4 is 23.4 Å². The third-order valence-electron chi connectivity index (χ3n) is 6.08. The summed E-state index contributed by atoms with van der Waals surface area (Å²) in [6.45, 7) is 2.74. The minimum absolute atomic E-state index is 0.0402. The fourth-order valence-corrected chi connectivity index (χ4v) is 4.47. The van der Waals surface area contributed by atoms with Gasteiger partial charge in [0.25, 0.3) is 11.8 Å². The van der Waals surface area contributed by atoms with Gasteiger partial charge >= 0.3 is 0 Å². The summed E-state index contributed by atoms with van der Waals surface area (Å²) >= 11 is 5.95. The molecule has 1 aromatic heterocycles. The van der Waals surface area contributed by atoms with Gasteiger partial charge in [-0.25, -0.2) is 0 Å². The average Bonchev–Trinajstić information content (AvgIpc) is 3.20. The summed E-state index contributed by atoms with van der Waals surface area (Å²) in [5.41, 5.74) is 4.02. The molecule has 0 N–H and O–H groups in total. The summed E-state index contributed by atoms with van der Waals surface area (Å²) in [6, 6.07) is 14.6. The van der Waals surface area contributed by atoms with E-state index in [2.05, 4.69) is 5.10 Å². The summed E-state index contributed by atoms with van der Waals surface area (Å²) in [5.74, 6) is 0.684. The van der Waals surface area contributed by atoms with Crippen molar-refractivity contribution in [1.29, 1.82) is 0 Å². The van der Waals surface area contributed by atoms with Gasteiger partial charge in [0, 0.05) is 42.2 Å². The first-order valence-electron chi connectivity index (χ1n) is 10.6. The number of hydrogen-bond acceptors (Lipinski definition) is 4. The second kappa shape index (κ2) is 8.31. The number of carbonyl (C=O) groups is 2. The van der Waals surface area contributed by atoms with Crippen molar-refractivity contribution in [3.8, 4) is 5.75 Å². The number of benzene rings is 2. The highest BCUT2D eigenvalue weighted by Crippen LogP contribution is 2.28. The fraction of sp³-hybridized carbons (Fsp3) is 0.292. The molecule has 0 atom stereocenters. The molecule has 0 aliphatic carbocycles. The molecule has 2 aromatic carbocycles. The Morgan fingerprint density at radius 1 is 1.06 bits per heavy atom. The molecule has 8 heteroatoms. The minimum Gasteiger partial charge on any atom is -0.497 e. The molecule has 2 amide bonds. The predicted octanol–water partition coefficient (Wildman–Crippen LogP) is 3.40. The number of fused-ring (bicyclic) bond motifs is 3. The zero-order chi connectivity index (χ0) is 22.2. The van der Waals surface area contributed by atoms with E-state index in [1.165, 1.54) is 0 Å². The van der Waals surface area contributed by atoms with Crippen LogP contribution in [0.1, 0.15) is 37.7 Å². The molecule has 164 valence electrons. The molecule has 3 aromatic rings. The Labute approximate surface area is 191 Å². The van der Waals surface area contributed by atoms with Crippen LogP contribution in [0.5, 0.6) is 5.75 Å². The van der Waals surface area contributed by atoms with E-state index in [9.17, 15) is 9.59 Å². The lowest BCUT2D eigenvalue weighted by atomic mass is 10.0. The van der Waals surface area contributed by atoms with E-state index < -0.39 is 0 Å². The largest absolute Gasteiger partial charge is 0.497 e. The highest BCUT2D eigenvalue weighted by atomic mass is 35.5. The van der Waals surface area contributed by atoms with E-state index >= 15 is 0 Å². The van der Waals surface area contributed by atoms with Crippen molar-refractivity contribution in [2.24, 2.45) is 0 Å². The number of methoxy groups -OCH3 is 1. The number of halogens is 1. The summed E-state index contributed by atoms with van der Waals surface area (Å²) in [6.07, 6.45) is 0.639. The standard InChI is InChI=1S/C24H23ClN4O3/c1-32-19-8-2-16(3-9-19)14-28-12-13-29-22(24(28)31)20-15-27(11-10-21(20)26-29)23(30)17-4-6-18(25)7-5-17/h2-9H,10-15H2,1H3. The number of amides is 2. The highest BCUT2D eigenvalue weighted by Gasteiger charge is 2.34. The third-order valence-corrected chi connectivity index (χ3v) is 6.34. The van der Waals surface area contributed by atoms with Crippen molar-refractivity contribution in [3.05, 3.63) is 81.6 Å². The molecule has 32 heavy (non-hydrogen) atoms. The van der Waals surface area contributed by atoms with E-state index in [1.54, 1.807) is 36.3 Å². The maximum Gasteiger partial charge on any atom is 0.272 e. The van der Waals surface area contributed by atoms with Crippen molar-refractivity contribution in [1.82, 2.24) is 19.6 Å². The summed E-state index contributed by atoms with van der Waals surface area (Å²) in [5, 5.41) is 5.27. The quantitative estimate of drug-likeness (QED) is 0.611. The van der Waals surface area contributed by atoms with Gasteiger partial charge in [-0.3, -0.25) is 14.3 Å². The van der Waals surface area contributed by atoms with Gasteiger partial charge in [-0.05, 0) is 42.0 Å². The Morgan fingerprint density at radius 3 is 2.53 bits per heavy atom. The van der Waals surface area contributed by atoms with Crippen LogP contribution in [-0.2, 0) is 26.1 Å². The molecule has 0 fully saturated rings. The van der Waals surface area contributed by atoms with Gasteiger partial charge in [0.2, 0.25) is 0 Å². The third kappa shape index (κ3) is 3.73. The molecular weight excluding hydrogens is 428 g/mol. The molecule has 0 saturated carbocycles. The normalized spacial score (nSPS) is 15.4. The zero-order valence-electron chi connectivity index (χ0n) is 17.8. The molecular formula is C24H23ClN4O3. The molecule has 7 nitrogen and oxygen atoms in total. The monoisotopic (exact) mass is 450 g/mol. The molecule has 0 saturated heterocycles. The Morgan fingerprint density at radius 2 is 1.81 bits per heavy atom. The summed E-state index contributed by atoms with van der Waals surface area (Å²) in [4.78, 5) is 30.0. The zero-order valence-corrected chi connectivity index (χ0v) is 18.5. The first kappa shape index (κ1) is 20.6. The van der Waals surface area contributed by atoms with Gasteiger partial charge in [0.15, 0.2) is 0 Å². The molecule has 0 spiro atoms. The van der Waals surface area contributed by atoms with Crippen molar-refractivity contribution in [3.63, 3.8) is 0 Å². The molecule has 0 unspecified atom stereocenters. The van der Waals surface area contributed by atoms with Gasteiger partial charge in [-0.15, -0.1) is 0 Å². The van der Waals surface area contributed by atoms with Gasteiger partial charge in [-0.1, -0.05) is 23.7 Å². The van der Waals surface area contributed by atoms with Crippen LogP contribution in [0.4, 0.5) is 0 Å². The number of ether oxygens (including phenoxy) is 1. The van der Waals surface area contributed by atoms with E-state index in [1.807, 2.05) is 33.8 Å². The molecule has 0 radical (unpaired) electrons. The van der Waals surface area contributed by atoms with Crippen LogP contribution >= 0.6 is 11.6 Å². The average molecular weight is 451 g/mol. The molecule has 0 bridgehead atoms. The minimum atomic E-state index is -0.0642. The van der Waals surface area contributed by atoms with E-state index in [-0.39, 0.29) is 11.8 Å². The van der Waals surface area contributed by atoms with Gasteiger partial charge < -0.3 is 14.5 Å². The van der Waals surface area contributed by atoms with Crippen molar-refractivity contribution < 1.29 is 14.3 Å². The van der Waals surface area contributed by atoms with Crippen LogP contribution in [0, 0.1) is 0 Å². The van der Waals surface area contributed by atoms with Crippen LogP contribution in [0.2, 0.25) is 5.02 Å². The maximum absolute atomic E-state index is 13.4. The predicted molar refractivity (Wildman–Crippen MR) is 120 cm³/mol. The maximum atomic E-state index is 13.4. The topological polar surface area (TPSA) is 67.7 Å². The molecule has 2 aliphatic heterocycles. The number of hydrogen-bond donors (Lipinski definition) is 0. The lowest BCUT2D eigenvalue weighted by Crippen LogP contribution is -2.41. The number of aromatic nitrogens is 2. The molecule has 5 rings (SSSR count). The Bertz CT molecular complexity index is 1170. The van der Waals surface area contributed by atoms with Crippen molar-refractivity contribution in [2.75, 3.05) is 20.2 Å². The molecule has 3 heterocycles. The van der Waals surface area contributed by atoms with Crippen LogP contribution < -0.4 is 4.74 Å². The SMILES string of the molecule is COc1ccc(CN2CCn3nc4c(c3C2=O)CN(C(=O)c2ccc(Cl)cc2)CC4)cc1.